The Morgan fingerprint density at radius 3 is 2.44 bits per heavy atom. The van der Waals surface area contributed by atoms with Crippen LogP contribution in [0.25, 0.3) is 0 Å². The first-order valence-electron chi connectivity index (χ1n) is 7.81. The van der Waals surface area contributed by atoms with Crippen LogP contribution >= 0.6 is 0 Å². The van der Waals surface area contributed by atoms with Gasteiger partial charge in [0.05, 0.1) is 26.4 Å². The monoisotopic (exact) mass is 341 g/mol. The second-order valence-corrected chi connectivity index (χ2v) is 5.73. The van der Waals surface area contributed by atoms with Crippen LogP contribution in [0, 0.1) is 0 Å². The van der Waals surface area contributed by atoms with Crippen LogP contribution < -0.4 is 4.74 Å². The maximum atomic E-state index is 12.4. The van der Waals surface area contributed by atoms with Gasteiger partial charge in [-0.2, -0.15) is 0 Å². The molecule has 2 aromatic rings. The smallest absolute Gasteiger partial charge is 0.356 e. The van der Waals surface area contributed by atoms with Crippen LogP contribution in [0.2, 0.25) is 0 Å². The van der Waals surface area contributed by atoms with E-state index in [-0.39, 0.29) is 6.42 Å². The molecule has 0 amide bonds. The number of methoxy groups -OCH3 is 2. The lowest BCUT2D eigenvalue weighted by Gasteiger charge is -2.29. The zero-order chi connectivity index (χ0) is 17.9. The van der Waals surface area contributed by atoms with Crippen LogP contribution in [0.15, 0.2) is 59.8 Å². The molecule has 6 heteroatoms. The van der Waals surface area contributed by atoms with E-state index in [1.807, 2.05) is 18.2 Å². The van der Waals surface area contributed by atoms with Crippen LogP contribution in [0.1, 0.15) is 23.7 Å². The summed E-state index contributed by atoms with van der Waals surface area (Å²) in [4.78, 5) is 17.9. The van der Waals surface area contributed by atoms with Crippen molar-refractivity contribution in [1.82, 2.24) is 0 Å². The van der Waals surface area contributed by atoms with E-state index in [1.165, 1.54) is 7.11 Å². The van der Waals surface area contributed by atoms with Crippen molar-refractivity contribution < 1.29 is 24.2 Å². The number of aliphatic hydroxyl groups is 1. The number of rotatable bonds is 5. The summed E-state index contributed by atoms with van der Waals surface area (Å²) in [6, 6.07) is 16.1. The predicted octanol–water partition coefficient (Wildman–Crippen LogP) is 2.47. The quantitative estimate of drug-likeness (QED) is 0.846. The number of hydrogen-bond acceptors (Lipinski definition) is 6. The topological polar surface area (TPSA) is 77.4 Å². The molecular weight excluding hydrogens is 322 g/mol. The molecule has 0 radical (unpaired) electrons. The molecule has 25 heavy (non-hydrogen) atoms. The van der Waals surface area contributed by atoms with Gasteiger partial charge in [-0.25, -0.2) is 4.79 Å². The normalized spacial score (nSPS) is 20.4. The van der Waals surface area contributed by atoms with Gasteiger partial charge in [0.1, 0.15) is 11.9 Å². The molecule has 1 N–H and O–H groups in total. The van der Waals surface area contributed by atoms with Gasteiger partial charge in [-0.1, -0.05) is 35.5 Å². The third-order valence-electron chi connectivity index (χ3n) is 4.26. The van der Waals surface area contributed by atoms with Gasteiger partial charge in [-0.15, -0.1) is 0 Å². The van der Waals surface area contributed by atoms with Gasteiger partial charge in [0.2, 0.25) is 0 Å². The molecular formula is C19H19NO5. The fourth-order valence-electron chi connectivity index (χ4n) is 2.83. The predicted molar refractivity (Wildman–Crippen MR) is 91.4 cm³/mol. The molecule has 0 spiro atoms. The van der Waals surface area contributed by atoms with E-state index in [9.17, 15) is 9.90 Å². The third-order valence-corrected chi connectivity index (χ3v) is 4.26. The van der Waals surface area contributed by atoms with Crippen molar-refractivity contribution in [3.63, 3.8) is 0 Å². The van der Waals surface area contributed by atoms with Gasteiger partial charge in [0.25, 0.3) is 5.60 Å². The van der Waals surface area contributed by atoms with Crippen LogP contribution in [0.3, 0.4) is 0 Å². The third kappa shape index (κ3) is 3.08. The first-order valence-corrected chi connectivity index (χ1v) is 7.81. The number of carbonyl (C=O) groups is 1. The standard InChI is InChI=1S/C19H19NO5/c1-23-15-10-8-13(9-11-15)16-12-19(25-20-16,18(22)24-2)17(21)14-6-4-3-5-7-14/h3-11,17,21H,12H2,1-2H3/t17-,19+/m1/s1. The Labute approximate surface area is 145 Å². The lowest BCUT2D eigenvalue weighted by molar-refractivity contribution is -0.182. The van der Waals surface area contributed by atoms with E-state index < -0.39 is 17.7 Å². The number of aliphatic hydroxyl groups excluding tert-OH is 1. The summed E-state index contributed by atoms with van der Waals surface area (Å²) in [7, 11) is 2.85. The number of ether oxygens (including phenoxy) is 2. The van der Waals surface area contributed by atoms with Crippen LogP contribution in [-0.2, 0) is 14.4 Å². The van der Waals surface area contributed by atoms with Gasteiger partial charge < -0.3 is 19.4 Å². The minimum atomic E-state index is -1.61. The van der Waals surface area contributed by atoms with Crippen molar-refractivity contribution in [3.05, 3.63) is 65.7 Å². The highest BCUT2D eigenvalue weighted by molar-refractivity contribution is 6.05. The first-order chi connectivity index (χ1) is 12.1. The van der Waals surface area contributed by atoms with Gasteiger partial charge in [0.15, 0.2) is 0 Å². The molecule has 1 aliphatic rings. The van der Waals surface area contributed by atoms with Crippen LogP contribution in [0.5, 0.6) is 5.75 Å². The highest BCUT2D eigenvalue weighted by Gasteiger charge is 2.54. The molecule has 1 aliphatic heterocycles. The maximum Gasteiger partial charge on any atom is 0.356 e. The molecule has 0 bridgehead atoms. The van der Waals surface area contributed by atoms with E-state index >= 15 is 0 Å². The molecule has 1 heterocycles. The summed E-state index contributed by atoms with van der Waals surface area (Å²) in [5.41, 5.74) is 0.291. The molecule has 0 fully saturated rings. The minimum absolute atomic E-state index is 0.0993. The van der Waals surface area contributed by atoms with Crippen molar-refractivity contribution in [3.8, 4) is 5.75 Å². The van der Waals surface area contributed by atoms with Crippen LogP contribution in [-0.4, -0.2) is 36.6 Å². The highest BCUT2D eigenvalue weighted by atomic mass is 16.7. The second-order valence-electron chi connectivity index (χ2n) is 5.73. The Kier molecular flexibility index (Phi) is 4.72. The molecule has 0 aliphatic carbocycles. The summed E-state index contributed by atoms with van der Waals surface area (Å²) in [5, 5.41) is 14.8. The zero-order valence-electron chi connectivity index (χ0n) is 14.0. The minimum Gasteiger partial charge on any atom is -0.497 e. The van der Waals surface area contributed by atoms with Gasteiger partial charge in [-0.05, 0) is 35.4 Å². The van der Waals surface area contributed by atoms with E-state index in [4.69, 9.17) is 14.3 Å². The number of benzene rings is 2. The maximum absolute atomic E-state index is 12.4. The zero-order valence-corrected chi connectivity index (χ0v) is 14.0. The van der Waals surface area contributed by atoms with Crippen LogP contribution in [0.4, 0.5) is 0 Å². The van der Waals surface area contributed by atoms with Gasteiger partial charge >= 0.3 is 5.97 Å². The fraction of sp³-hybridized carbons (Fsp3) is 0.263. The molecule has 0 saturated heterocycles. The fourth-order valence-corrected chi connectivity index (χ4v) is 2.83. The molecule has 2 aromatic carbocycles. The molecule has 0 unspecified atom stereocenters. The molecule has 2 atom stereocenters. The van der Waals surface area contributed by atoms with Gasteiger partial charge in [-0.3, -0.25) is 0 Å². The molecule has 3 rings (SSSR count). The van der Waals surface area contributed by atoms with Gasteiger partial charge in [0, 0.05) is 0 Å². The summed E-state index contributed by atoms with van der Waals surface area (Å²) in [6.07, 6.45) is -1.11. The molecule has 6 nitrogen and oxygen atoms in total. The van der Waals surface area contributed by atoms with Crippen molar-refractivity contribution in [2.45, 2.75) is 18.1 Å². The Morgan fingerprint density at radius 1 is 1.16 bits per heavy atom. The highest BCUT2D eigenvalue weighted by Crippen LogP contribution is 2.39. The average molecular weight is 341 g/mol. The van der Waals surface area contributed by atoms with E-state index in [0.29, 0.717) is 17.0 Å². The number of carbonyl (C=O) groups excluding carboxylic acids is 1. The van der Waals surface area contributed by atoms with Crippen molar-refractivity contribution in [2.24, 2.45) is 5.16 Å². The SMILES string of the molecule is COC(=O)[C@@]1([C@H](O)c2ccccc2)CC(c2ccc(OC)cc2)=NO1. The van der Waals surface area contributed by atoms with E-state index in [2.05, 4.69) is 5.16 Å². The molecule has 0 aromatic heterocycles. The van der Waals surface area contributed by atoms with E-state index in [1.54, 1.807) is 43.5 Å². The Bertz CT molecular complexity index is 772. The lowest BCUT2D eigenvalue weighted by Crippen LogP contribution is -2.45. The molecule has 0 saturated carbocycles. The van der Waals surface area contributed by atoms with Crippen molar-refractivity contribution in [2.75, 3.05) is 14.2 Å². The Morgan fingerprint density at radius 2 is 1.84 bits per heavy atom. The number of esters is 1. The number of nitrogens with zero attached hydrogens (tertiary/aromatic N) is 1. The van der Waals surface area contributed by atoms with Crippen molar-refractivity contribution in [1.29, 1.82) is 0 Å². The summed E-state index contributed by atoms with van der Waals surface area (Å²) < 4.78 is 10.0. The average Bonchev–Trinajstić information content (AvgIpc) is 3.14. The Balaban J connectivity index is 1.90. The summed E-state index contributed by atoms with van der Waals surface area (Å²) in [6.45, 7) is 0. The number of hydrogen-bond donors (Lipinski definition) is 1. The van der Waals surface area contributed by atoms with Crippen molar-refractivity contribution >= 4 is 11.7 Å². The van der Waals surface area contributed by atoms with E-state index in [0.717, 1.165) is 5.56 Å². The largest absolute Gasteiger partial charge is 0.497 e. The summed E-state index contributed by atoms with van der Waals surface area (Å²) >= 11 is 0. The number of oxime groups is 1. The first kappa shape index (κ1) is 17.0. The Hall–Kier alpha value is -2.86. The summed E-state index contributed by atoms with van der Waals surface area (Å²) in [5.74, 6) is 0.0444. The lowest BCUT2D eigenvalue weighted by atomic mass is 9.85. The second kappa shape index (κ2) is 6.94. The molecule has 130 valence electrons.